The van der Waals surface area contributed by atoms with Crippen molar-refractivity contribution in [3.05, 3.63) is 53.6 Å². The van der Waals surface area contributed by atoms with Gasteiger partial charge in [0.15, 0.2) is 12.4 Å². The number of aryl methyl sites for hydroxylation is 1. The van der Waals surface area contributed by atoms with Crippen molar-refractivity contribution in [2.24, 2.45) is 0 Å². The summed E-state index contributed by atoms with van der Waals surface area (Å²) >= 11 is 0. The normalized spacial score (nSPS) is 14.6. The Morgan fingerprint density at radius 3 is 2.75 bits per heavy atom. The second-order valence-corrected chi connectivity index (χ2v) is 7.39. The molecule has 0 aliphatic carbocycles. The van der Waals surface area contributed by atoms with E-state index in [1.165, 1.54) is 0 Å². The molecule has 0 saturated heterocycles. The van der Waals surface area contributed by atoms with Crippen LogP contribution in [0.25, 0.3) is 0 Å². The summed E-state index contributed by atoms with van der Waals surface area (Å²) in [6.45, 7) is 6.26. The number of carbonyl (C=O) groups is 2. The van der Waals surface area contributed by atoms with E-state index in [1.807, 2.05) is 45.0 Å². The molecule has 0 fully saturated rings. The molecular weight excluding hydrogens is 358 g/mol. The molecule has 2 aromatic rings. The summed E-state index contributed by atoms with van der Waals surface area (Å²) in [7, 11) is 0. The number of fused-ring (bicyclic) bond motifs is 1. The van der Waals surface area contributed by atoms with Gasteiger partial charge in [0, 0.05) is 0 Å². The molecule has 0 aromatic heterocycles. The van der Waals surface area contributed by atoms with E-state index in [4.69, 9.17) is 14.2 Å². The van der Waals surface area contributed by atoms with Gasteiger partial charge in [-0.3, -0.25) is 9.59 Å². The minimum atomic E-state index is -0.544. The van der Waals surface area contributed by atoms with Crippen molar-refractivity contribution >= 4 is 11.7 Å². The van der Waals surface area contributed by atoms with Gasteiger partial charge < -0.3 is 19.5 Å². The zero-order valence-corrected chi connectivity index (χ0v) is 16.4. The van der Waals surface area contributed by atoms with E-state index in [-0.39, 0.29) is 24.7 Å². The highest BCUT2D eigenvalue weighted by molar-refractivity contribution is 6.02. The summed E-state index contributed by atoms with van der Waals surface area (Å²) in [4.78, 5) is 24.5. The molecule has 1 aliphatic heterocycles. The van der Waals surface area contributed by atoms with Crippen molar-refractivity contribution in [1.29, 1.82) is 0 Å². The van der Waals surface area contributed by atoms with Gasteiger partial charge in [-0.1, -0.05) is 18.2 Å². The van der Waals surface area contributed by atoms with Crippen molar-refractivity contribution in [3.63, 3.8) is 0 Å². The van der Waals surface area contributed by atoms with Crippen LogP contribution < -0.4 is 19.5 Å². The van der Waals surface area contributed by atoms with Gasteiger partial charge in [-0.25, -0.2) is 0 Å². The Morgan fingerprint density at radius 1 is 1.18 bits per heavy atom. The highest BCUT2D eigenvalue weighted by Gasteiger charge is 2.34. The molecule has 0 saturated carbocycles. The van der Waals surface area contributed by atoms with E-state index in [1.54, 1.807) is 18.2 Å². The number of ether oxygens (including phenoxy) is 3. The first kappa shape index (κ1) is 19.7. The molecule has 0 bridgehead atoms. The Kier molecular flexibility index (Phi) is 5.87. The SMILES string of the molecule is Cc1cccc(OCCNC(=O)COc2cccc3c2C(=O)CC(C)(C)O3)c1. The second-order valence-electron chi connectivity index (χ2n) is 7.39. The van der Waals surface area contributed by atoms with Gasteiger partial charge in [-0.2, -0.15) is 0 Å². The standard InChI is InChI=1S/C22H25NO5/c1-15-6-4-7-16(12-15)26-11-10-23-20(25)14-27-18-8-5-9-19-21(18)17(24)13-22(2,3)28-19/h4-9,12H,10-11,13-14H2,1-3H3,(H,23,25). The van der Waals surface area contributed by atoms with Crippen LogP contribution in [-0.2, 0) is 4.79 Å². The van der Waals surface area contributed by atoms with Crippen LogP contribution in [0.4, 0.5) is 0 Å². The largest absolute Gasteiger partial charge is 0.492 e. The number of ketones is 1. The van der Waals surface area contributed by atoms with Crippen LogP contribution in [0.2, 0.25) is 0 Å². The average Bonchev–Trinajstić information content (AvgIpc) is 2.62. The first-order chi connectivity index (χ1) is 13.3. The lowest BCUT2D eigenvalue weighted by atomic mass is 9.92. The minimum absolute atomic E-state index is 0.0474. The van der Waals surface area contributed by atoms with E-state index in [2.05, 4.69) is 5.32 Å². The third-order valence-corrected chi connectivity index (χ3v) is 4.28. The van der Waals surface area contributed by atoms with Gasteiger partial charge in [0.05, 0.1) is 13.0 Å². The lowest BCUT2D eigenvalue weighted by molar-refractivity contribution is -0.123. The van der Waals surface area contributed by atoms with Gasteiger partial charge in [-0.15, -0.1) is 0 Å². The topological polar surface area (TPSA) is 73.9 Å². The Bertz CT molecular complexity index is 875. The number of hydrogen-bond donors (Lipinski definition) is 1. The third-order valence-electron chi connectivity index (χ3n) is 4.28. The number of Topliss-reactive ketones (excluding diaryl/α,β-unsaturated/α-hetero) is 1. The monoisotopic (exact) mass is 383 g/mol. The summed E-state index contributed by atoms with van der Waals surface area (Å²) in [5, 5.41) is 2.74. The highest BCUT2D eigenvalue weighted by atomic mass is 16.5. The summed E-state index contributed by atoms with van der Waals surface area (Å²) in [5.74, 6) is 1.29. The smallest absolute Gasteiger partial charge is 0.258 e. The Labute approximate surface area is 164 Å². The Morgan fingerprint density at radius 2 is 1.96 bits per heavy atom. The minimum Gasteiger partial charge on any atom is -0.492 e. The maximum Gasteiger partial charge on any atom is 0.258 e. The molecule has 1 heterocycles. The predicted octanol–water partition coefficient (Wildman–Crippen LogP) is 3.31. The van der Waals surface area contributed by atoms with Gasteiger partial charge in [0.2, 0.25) is 0 Å². The van der Waals surface area contributed by atoms with Crippen molar-refractivity contribution in [3.8, 4) is 17.2 Å². The van der Waals surface area contributed by atoms with Gasteiger partial charge in [-0.05, 0) is 50.6 Å². The number of nitrogens with one attached hydrogen (secondary N) is 1. The molecule has 0 atom stereocenters. The highest BCUT2D eigenvalue weighted by Crippen LogP contribution is 2.38. The maximum atomic E-state index is 12.5. The van der Waals surface area contributed by atoms with E-state index in [0.29, 0.717) is 30.2 Å². The molecule has 2 aromatic carbocycles. The van der Waals surface area contributed by atoms with Crippen molar-refractivity contribution in [2.45, 2.75) is 32.8 Å². The fourth-order valence-corrected chi connectivity index (χ4v) is 3.06. The zero-order valence-electron chi connectivity index (χ0n) is 16.4. The lowest BCUT2D eigenvalue weighted by Gasteiger charge is -2.32. The number of carbonyl (C=O) groups excluding carboxylic acids is 2. The first-order valence-electron chi connectivity index (χ1n) is 9.28. The summed E-state index contributed by atoms with van der Waals surface area (Å²) in [5.41, 5.74) is 0.970. The van der Waals surface area contributed by atoms with Crippen LogP contribution in [0.1, 0.15) is 36.2 Å². The molecule has 3 rings (SSSR count). The van der Waals surface area contributed by atoms with Gasteiger partial charge in [0.1, 0.15) is 35.0 Å². The summed E-state index contributed by atoms with van der Waals surface area (Å²) < 4.78 is 17.0. The van der Waals surface area contributed by atoms with Crippen LogP contribution in [-0.4, -0.2) is 37.0 Å². The van der Waals surface area contributed by atoms with E-state index < -0.39 is 5.60 Å². The molecule has 6 heteroatoms. The molecule has 0 unspecified atom stereocenters. The van der Waals surface area contributed by atoms with Crippen LogP contribution >= 0.6 is 0 Å². The maximum absolute atomic E-state index is 12.5. The molecule has 0 spiro atoms. The summed E-state index contributed by atoms with van der Waals surface area (Å²) in [6, 6.07) is 12.9. The fourth-order valence-electron chi connectivity index (χ4n) is 3.06. The quantitative estimate of drug-likeness (QED) is 0.743. The second kappa shape index (κ2) is 8.33. The van der Waals surface area contributed by atoms with Crippen LogP contribution in [0.5, 0.6) is 17.2 Å². The van der Waals surface area contributed by atoms with Crippen LogP contribution in [0.15, 0.2) is 42.5 Å². The van der Waals surface area contributed by atoms with Crippen LogP contribution in [0, 0.1) is 6.92 Å². The molecule has 6 nitrogen and oxygen atoms in total. The predicted molar refractivity (Wildman–Crippen MR) is 105 cm³/mol. The first-order valence-corrected chi connectivity index (χ1v) is 9.28. The van der Waals surface area contributed by atoms with Crippen molar-refractivity contribution in [2.75, 3.05) is 19.8 Å². The third kappa shape index (κ3) is 5.03. The molecular formula is C22H25NO5. The molecule has 148 valence electrons. The van der Waals surface area contributed by atoms with E-state index >= 15 is 0 Å². The van der Waals surface area contributed by atoms with Crippen LogP contribution in [0.3, 0.4) is 0 Å². The van der Waals surface area contributed by atoms with Crippen molar-refractivity contribution in [1.82, 2.24) is 5.32 Å². The average molecular weight is 383 g/mol. The lowest BCUT2D eigenvalue weighted by Crippen LogP contribution is -2.36. The molecule has 0 radical (unpaired) electrons. The summed E-state index contributed by atoms with van der Waals surface area (Å²) in [6.07, 6.45) is 0.267. The molecule has 1 N–H and O–H groups in total. The number of rotatable bonds is 7. The zero-order chi connectivity index (χ0) is 20.1. The Balaban J connectivity index is 1.48. The number of amides is 1. The fraction of sp³-hybridized carbons (Fsp3) is 0.364. The van der Waals surface area contributed by atoms with Gasteiger partial charge >= 0.3 is 0 Å². The van der Waals surface area contributed by atoms with Crippen molar-refractivity contribution < 1.29 is 23.8 Å². The Hall–Kier alpha value is -3.02. The number of hydrogen-bond acceptors (Lipinski definition) is 5. The van der Waals surface area contributed by atoms with E-state index in [0.717, 1.165) is 11.3 Å². The molecule has 1 amide bonds. The molecule has 28 heavy (non-hydrogen) atoms. The molecule has 1 aliphatic rings. The van der Waals surface area contributed by atoms with E-state index in [9.17, 15) is 9.59 Å². The number of benzene rings is 2. The van der Waals surface area contributed by atoms with Gasteiger partial charge in [0.25, 0.3) is 5.91 Å².